The SMILES string of the molecule is COc1cc(OC)c2c(c1)O[C@]1(C(=O)CC(=O)C[C@H]1C)C2=O. The lowest BCUT2D eigenvalue weighted by atomic mass is 9.72. The first-order chi connectivity index (χ1) is 10.4. The fraction of sp³-hybridized carbons (Fsp3) is 0.438. The molecule has 0 radical (unpaired) electrons. The molecule has 1 aromatic rings. The van der Waals surface area contributed by atoms with Gasteiger partial charge in [0, 0.05) is 24.5 Å². The van der Waals surface area contributed by atoms with E-state index in [2.05, 4.69) is 0 Å². The van der Waals surface area contributed by atoms with Crippen molar-refractivity contribution in [3.05, 3.63) is 17.7 Å². The second-order valence-electron chi connectivity index (χ2n) is 5.61. The van der Waals surface area contributed by atoms with E-state index in [1.165, 1.54) is 14.2 Å². The number of carbonyl (C=O) groups is 3. The average Bonchev–Trinajstić information content (AvgIpc) is 2.78. The van der Waals surface area contributed by atoms with Crippen molar-refractivity contribution >= 4 is 17.3 Å². The summed E-state index contributed by atoms with van der Waals surface area (Å²) in [6, 6.07) is 3.13. The molecule has 0 N–H and O–H groups in total. The van der Waals surface area contributed by atoms with Crippen LogP contribution >= 0.6 is 0 Å². The van der Waals surface area contributed by atoms with Crippen LogP contribution < -0.4 is 14.2 Å². The van der Waals surface area contributed by atoms with E-state index in [0.717, 1.165) is 0 Å². The molecule has 1 fully saturated rings. The Morgan fingerprint density at radius 1 is 1.18 bits per heavy atom. The molecule has 0 bridgehead atoms. The molecule has 1 aromatic carbocycles. The van der Waals surface area contributed by atoms with Gasteiger partial charge < -0.3 is 14.2 Å². The van der Waals surface area contributed by atoms with Crippen molar-refractivity contribution < 1.29 is 28.6 Å². The molecule has 2 atom stereocenters. The maximum atomic E-state index is 12.9. The van der Waals surface area contributed by atoms with Gasteiger partial charge in [-0.2, -0.15) is 0 Å². The Balaban J connectivity index is 2.15. The minimum atomic E-state index is -1.62. The van der Waals surface area contributed by atoms with E-state index in [9.17, 15) is 14.4 Å². The van der Waals surface area contributed by atoms with Crippen LogP contribution in [0.15, 0.2) is 12.1 Å². The van der Waals surface area contributed by atoms with Gasteiger partial charge in [-0.15, -0.1) is 0 Å². The molecular weight excluding hydrogens is 288 g/mol. The summed E-state index contributed by atoms with van der Waals surface area (Å²) in [5.41, 5.74) is -1.38. The van der Waals surface area contributed by atoms with Gasteiger partial charge in [-0.1, -0.05) is 6.92 Å². The van der Waals surface area contributed by atoms with E-state index < -0.39 is 23.1 Å². The summed E-state index contributed by atoms with van der Waals surface area (Å²) in [7, 11) is 2.92. The number of ether oxygens (including phenoxy) is 3. The quantitative estimate of drug-likeness (QED) is 0.772. The van der Waals surface area contributed by atoms with Gasteiger partial charge in [0.15, 0.2) is 5.78 Å². The van der Waals surface area contributed by atoms with Crippen molar-refractivity contribution in [3.63, 3.8) is 0 Å². The number of Topliss-reactive ketones (excluding diaryl/α,β-unsaturated/α-hetero) is 3. The molecule has 3 rings (SSSR count). The Morgan fingerprint density at radius 2 is 1.91 bits per heavy atom. The van der Waals surface area contributed by atoms with E-state index >= 15 is 0 Å². The third-order valence-electron chi connectivity index (χ3n) is 4.33. The molecule has 0 unspecified atom stereocenters. The molecular formula is C16H16O6. The van der Waals surface area contributed by atoms with Crippen LogP contribution in [0.3, 0.4) is 0 Å². The normalized spacial score (nSPS) is 26.9. The molecule has 1 aliphatic carbocycles. The second-order valence-corrected chi connectivity index (χ2v) is 5.61. The first kappa shape index (κ1) is 14.6. The predicted molar refractivity (Wildman–Crippen MR) is 75.6 cm³/mol. The Hall–Kier alpha value is -2.37. The fourth-order valence-corrected chi connectivity index (χ4v) is 3.21. The number of hydrogen-bond acceptors (Lipinski definition) is 6. The number of carbonyl (C=O) groups excluding carboxylic acids is 3. The van der Waals surface area contributed by atoms with Crippen molar-refractivity contribution in [2.75, 3.05) is 14.2 Å². The van der Waals surface area contributed by atoms with E-state index in [0.29, 0.717) is 11.5 Å². The Bertz CT molecular complexity index is 692. The summed E-state index contributed by atoms with van der Waals surface area (Å²) in [6.45, 7) is 1.68. The van der Waals surface area contributed by atoms with Crippen LogP contribution in [0.4, 0.5) is 0 Å². The lowest BCUT2D eigenvalue weighted by Gasteiger charge is -2.34. The zero-order valence-corrected chi connectivity index (χ0v) is 12.6. The number of methoxy groups -OCH3 is 2. The van der Waals surface area contributed by atoms with Crippen LogP contribution in [0.1, 0.15) is 30.1 Å². The average molecular weight is 304 g/mol. The highest BCUT2D eigenvalue weighted by atomic mass is 16.5. The molecule has 2 aliphatic rings. The summed E-state index contributed by atoms with van der Waals surface area (Å²) in [4.78, 5) is 36.9. The van der Waals surface area contributed by atoms with Gasteiger partial charge in [-0.3, -0.25) is 14.4 Å². The molecule has 6 heteroatoms. The van der Waals surface area contributed by atoms with Gasteiger partial charge in [-0.05, 0) is 0 Å². The van der Waals surface area contributed by atoms with Gasteiger partial charge in [0.25, 0.3) is 0 Å². The van der Waals surface area contributed by atoms with Crippen LogP contribution in [0, 0.1) is 5.92 Å². The van der Waals surface area contributed by atoms with E-state index in [1.807, 2.05) is 0 Å². The van der Waals surface area contributed by atoms with Crippen molar-refractivity contribution in [2.24, 2.45) is 5.92 Å². The van der Waals surface area contributed by atoms with Crippen LogP contribution in [-0.4, -0.2) is 37.2 Å². The zero-order valence-electron chi connectivity index (χ0n) is 12.6. The molecule has 6 nitrogen and oxygen atoms in total. The maximum absolute atomic E-state index is 12.9. The number of rotatable bonds is 2. The first-order valence-electron chi connectivity index (χ1n) is 6.99. The van der Waals surface area contributed by atoms with E-state index in [4.69, 9.17) is 14.2 Å². The lowest BCUT2D eigenvalue weighted by molar-refractivity contribution is -0.143. The molecule has 0 saturated heterocycles. The Kier molecular flexibility index (Phi) is 3.20. The van der Waals surface area contributed by atoms with Gasteiger partial charge in [0.05, 0.1) is 20.6 Å². The molecule has 22 heavy (non-hydrogen) atoms. The standard InChI is InChI=1S/C16H16O6/c1-8-4-9(17)5-13(18)16(8)15(19)14-11(21-3)6-10(20-2)7-12(14)22-16/h6-8H,4-5H2,1-3H3/t8-,16-/m1/s1. The summed E-state index contributed by atoms with van der Waals surface area (Å²) in [5.74, 6) is -0.585. The molecule has 0 amide bonds. The van der Waals surface area contributed by atoms with Crippen LogP contribution in [-0.2, 0) is 9.59 Å². The topological polar surface area (TPSA) is 78.9 Å². The summed E-state index contributed by atoms with van der Waals surface area (Å²) in [5, 5.41) is 0. The maximum Gasteiger partial charge on any atom is 0.232 e. The Morgan fingerprint density at radius 3 is 2.50 bits per heavy atom. The summed E-state index contributed by atoms with van der Waals surface area (Å²) >= 11 is 0. The number of hydrogen-bond donors (Lipinski definition) is 0. The highest BCUT2D eigenvalue weighted by molar-refractivity contribution is 6.26. The minimum Gasteiger partial charge on any atom is -0.496 e. The monoisotopic (exact) mass is 304 g/mol. The van der Waals surface area contributed by atoms with Crippen LogP contribution in [0.5, 0.6) is 17.2 Å². The van der Waals surface area contributed by atoms with Gasteiger partial charge in [0.2, 0.25) is 11.4 Å². The third kappa shape index (κ3) is 1.76. The molecule has 1 heterocycles. The second kappa shape index (κ2) is 4.83. The lowest BCUT2D eigenvalue weighted by Crippen LogP contribution is -2.57. The van der Waals surface area contributed by atoms with E-state index in [-0.39, 0.29) is 29.9 Å². The number of fused-ring (bicyclic) bond motifs is 1. The predicted octanol–water partition coefficient (Wildman–Crippen LogP) is 1.59. The summed E-state index contributed by atoms with van der Waals surface area (Å²) in [6.07, 6.45) is -0.131. The summed E-state index contributed by atoms with van der Waals surface area (Å²) < 4.78 is 16.2. The first-order valence-corrected chi connectivity index (χ1v) is 6.99. The highest BCUT2D eigenvalue weighted by Gasteiger charge is 2.60. The zero-order chi connectivity index (χ0) is 16.1. The molecule has 1 saturated carbocycles. The fourth-order valence-electron chi connectivity index (χ4n) is 3.21. The van der Waals surface area contributed by atoms with Gasteiger partial charge in [-0.25, -0.2) is 0 Å². The van der Waals surface area contributed by atoms with Crippen molar-refractivity contribution in [1.29, 1.82) is 0 Å². The Labute approximate surface area is 127 Å². The van der Waals surface area contributed by atoms with Crippen LogP contribution in [0.2, 0.25) is 0 Å². The molecule has 1 aliphatic heterocycles. The highest BCUT2D eigenvalue weighted by Crippen LogP contribution is 2.48. The van der Waals surface area contributed by atoms with Crippen LogP contribution in [0.25, 0.3) is 0 Å². The number of benzene rings is 1. The van der Waals surface area contributed by atoms with Gasteiger partial charge >= 0.3 is 0 Å². The van der Waals surface area contributed by atoms with E-state index in [1.54, 1.807) is 19.1 Å². The molecule has 1 spiro atoms. The van der Waals surface area contributed by atoms with Crippen molar-refractivity contribution in [2.45, 2.75) is 25.4 Å². The largest absolute Gasteiger partial charge is 0.496 e. The minimum absolute atomic E-state index is 0.144. The smallest absolute Gasteiger partial charge is 0.232 e. The van der Waals surface area contributed by atoms with Gasteiger partial charge in [0.1, 0.15) is 28.6 Å². The number of ketones is 3. The third-order valence-corrected chi connectivity index (χ3v) is 4.33. The molecule has 0 aromatic heterocycles. The van der Waals surface area contributed by atoms with Crippen molar-refractivity contribution in [3.8, 4) is 17.2 Å². The molecule has 116 valence electrons. The van der Waals surface area contributed by atoms with Crippen molar-refractivity contribution in [1.82, 2.24) is 0 Å².